The Kier molecular flexibility index (Phi) is 5.93. The second-order valence-electron chi connectivity index (χ2n) is 6.58. The number of Topliss-reactive ketones (excluding diaryl/α,β-unsaturated/α-hetero) is 1. The molecule has 0 unspecified atom stereocenters. The predicted octanol–water partition coefficient (Wildman–Crippen LogP) is 4.34. The Labute approximate surface area is 165 Å². The van der Waals surface area contributed by atoms with Crippen LogP contribution in [0, 0.1) is 0 Å². The summed E-state index contributed by atoms with van der Waals surface area (Å²) in [4.78, 5) is 12.8. The Bertz CT molecular complexity index is 927. The number of ether oxygens (including phenoxy) is 4. The van der Waals surface area contributed by atoms with Crippen molar-refractivity contribution in [3.05, 3.63) is 46.5 Å². The third kappa shape index (κ3) is 3.44. The monoisotopic (exact) mass is 382 g/mol. The maximum Gasteiger partial charge on any atom is 0.203 e. The summed E-state index contributed by atoms with van der Waals surface area (Å²) in [7, 11) is 6.42. The Morgan fingerprint density at radius 2 is 1.61 bits per heavy atom. The normalized spacial score (nSPS) is 14.6. The standard InChI is InChI=1S/C23H26O5/c1-6-15-8-7-14(12-20(15)25-2)11-18-17-13-21(26-3)23(28-5)22(27-4)16(17)9-10-19(18)24/h7-8,11-13H,6,9-10H2,1-5H3/b18-11-. The van der Waals surface area contributed by atoms with Gasteiger partial charge in [0.05, 0.1) is 28.4 Å². The van der Waals surface area contributed by atoms with Crippen LogP contribution in [0.1, 0.15) is 35.6 Å². The molecule has 0 saturated heterocycles. The number of carbonyl (C=O) groups is 1. The van der Waals surface area contributed by atoms with Crippen LogP contribution in [0.2, 0.25) is 0 Å². The summed E-state index contributed by atoms with van der Waals surface area (Å²) >= 11 is 0. The molecule has 0 N–H and O–H groups in total. The Morgan fingerprint density at radius 1 is 0.893 bits per heavy atom. The van der Waals surface area contributed by atoms with Crippen molar-refractivity contribution in [2.75, 3.05) is 28.4 Å². The van der Waals surface area contributed by atoms with E-state index >= 15 is 0 Å². The number of hydrogen-bond donors (Lipinski definition) is 0. The first-order valence-electron chi connectivity index (χ1n) is 9.31. The summed E-state index contributed by atoms with van der Waals surface area (Å²) in [6.07, 6.45) is 3.83. The fourth-order valence-electron chi connectivity index (χ4n) is 3.70. The lowest BCUT2D eigenvalue weighted by Crippen LogP contribution is -2.14. The van der Waals surface area contributed by atoms with Crippen LogP contribution < -0.4 is 18.9 Å². The maximum absolute atomic E-state index is 12.8. The van der Waals surface area contributed by atoms with E-state index in [1.165, 1.54) is 0 Å². The summed E-state index contributed by atoms with van der Waals surface area (Å²) in [5, 5.41) is 0. The first kappa shape index (κ1) is 19.8. The van der Waals surface area contributed by atoms with Gasteiger partial charge in [0, 0.05) is 17.6 Å². The van der Waals surface area contributed by atoms with Crippen LogP contribution in [0.3, 0.4) is 0 Å². The van der Waals surface area contributed by atoms with Crippen LogP contribution >= 0.6 is 0 Å². The molecule has 0 aliphatic heterocycles. The van der Waals surface area contributed by atoms with Crippen molar-refractivity contribution in [2.24, 2.45) is 0 Å². The Balaban J connectivity index is 2.19. The fourth-order valence-corrected chi connectivity index (χ4v) is 3.70. The minimum absolute atomic E-state index is 0.0975. The van der Waals surface area contributed by atoms with Gasteiger partial charge in [-0.05, 0) is 47.7 Å². The van der Waals surface area contributed by atoms with Crippen molar-refractivity contribution in [3.63, 3.8) is 0 Å². The molecule has 148 valence electrons. The molecule has 28 heavy (non-hydrogen) atoms. The number of fused-ring (bicyclic) bond motifs is 1. The van der Waals surface area contributed by atoms with Crippen molar-refractivity contribution < 1.29 is 23.7 Å². The molecule has 0 radical (unpaired) electrons. The maximum atomic E-state index is 12.8. The van der Waals surface area contributed by atoms with Gasteiger partial charge in [0.2, 0.25) is 5.75 Å². The van der Waals surface area contributed by atoms with Gasteiger partial charge in [-0.1, -0.05) is 19.1 Å². The summed E-state index contributed by atoms with van der Waals surface area (Å²) in [6.45, 7) is 2.09. The SMILES string of the molecule is CCc1ccc(/C=C2\C(=O)CCc3c2cc(OC)c(OC)c3OC)cc1OC. The van der Waals surface area contributed by atoms with Crippen molar-refractivity contribution >= 4 is 17.4 Å². The predicted molar refractivity (Wildman–Crippen MR) is 110 cm³/mol. The van der Waals surface area contributed by atoms with E-state index in [1.54, 1.807) is 28.4 Å². The molecular weight excluding hydrogens is 356 g/mol. The van der Waals surface area contributed by atoms with Crippen LogP contribution in [0.15, 0.2) is 24.3 Å². The Morgan fingerprint density at radius 3 is 2.21 bits per heavy atom. The fraction of sp³-hybridized carbons (Fsp3) is 0.348. The molecule has 2 aromatic rings. The highest BCUT2D eigenvalue weighted by atomic mass is 16.5. The zero-order valence-corrected chi connectivity index (χ0v) is 17.0. The highest BCUT2D eigenvalue weighted by Gasteiger charge is 2.29. The van der Waals surface area contributed by atoms with Crippen LogP contribution in [-0.2, 0) is 17.6 Å². The number of aryl methyl sites for hydroxylation is 1. The summed E-state index contributed by atoms with van der Waals surface area (Å²) in [6, 6.07) is 7.87. The molecule has 1 aliphatic carbocycles. The lowest BCUT2D eigenvalue weighted by molar-refractivity contribution is -0.113. The average molecular weight is 382 g/mol. The molecule has 2 aromatic carbocycles. The van der Waals surface area contributed by atoms with Crippen LogP contribution in [0.4, 0.5) is 0 Å². The summed E-state index contributed by atoms with van der Waals surface area (Å²) in [5.74, 6) is 2.63. The first-order valence-corrected chi connectivity index (χ1v) is 9.31. The number of benzene rings is 2. The zero-order chi connectivity index (χ0) is 20.3. The average Bonchev–Trinajstić information content (AvgIpc) is 2.73. The largest absolute Gasteiger partial charge is 0.496 e. The van der Waals surface area contributed by atoms with Gasteiger partial charge in [0.1, 0.15) is 5.75 Å². The van der Waals surface area contributed by atoms with E-state index in [1.807, 2.05) is 30.3 Å². The molecular formula is C23H26O5. The number of rotatable bonds is 6. The van der Waals surface area contributed by atoms with E-state index in [2.05, 4.69) is 6.92 Å². The van der Waals surface area contributed by atoms with E-state index in [4.69, 9.17) is 18.9 Å². The molecule has 0 amide bonds. The molecule has 0 fully saturated rings. The van der Waals surface area contributed by atoms with E-state index in [-0.39, 0.29) is 5.78 Å². The molecule has 0 aromatic heterocycles. The highest BCUT2D eigenvalue weighted by molar-refractivity contribution is 6.27. The van der Waals surface area contributed by atoms with Gasteiger partial charge >= 0.3 is 0 Å². The zero-order valence-electron chi connectivity index (χ0n) is 17.0. The van der Waals surface area contributed by atoms with Crippen LogP contribution in [-0.4, -0.2) is 34.2 Å². The third-order valence-electron chi connectivity index (χ3n) is 5.13. The van der Waals surface area contributed by atoms with Crippen molar-refractivity contribution in [1.29, 1.82) is 0 Å². The van der Waals surface area contributed by atoms with Gasteiger partial charge in [0.25, 0.3) is 0 Å². The van der Waals surface area contributed by atoms with Gasteiger partial charge in [-0.3, -0.25) is 4.79 Å². The molecule has 0 spiro atoms. The van der Waals surface area contributed by atoms with Crippen LogP contribution in [0.25, 0.3) is 11.6 Å². The molecule has 5 nitrogen and oxygen atoms in total. The van der Waals surface area contributed by atoms with Gasteiger partial charge in [-0.15, -0.1) is 0 Å². The van der Waals surface area contributed by atoms with Gasteiger partial charge in [0.15, 0.2) is 17.3 Å². The van der Waals surface area contributed by atoms with Gasteiger partial charge < -0.3 is 18.9 Å². The minimum atomic E-state index is 0.0975. The molecule has 0 atom stereocenters. The van der Waals surface area contributed by atoms with Crippen molar-refractivity contribution in [3.8, 4) is 23.0 Å². The second kappa shape index (κ2) is 8.38. The second-order valence-corrected chi connectivity index (χ2v) is 6.58. The minimum Gasteiger partial charge on any atom is -0.496 e. The number of allylic oxidation sites excluding steroid dienone is 1. The number of ketones is 1. The molecule has 3 rings (SSSR count). The lowest BCUT2D eigenvalue weighted by Gasteiger charge is -2.24. The lowest BCUT2D eigenvalue weighted by atomic mass is 9.84. The van der Waals surface area contributed by atoms with E-state index in [9.17, 15) is 4.79 Å². The Hall–Kier alpha value is -2.95. The topological polar surface area (TPSA) is 54.0 Å². The molecule has 0 heterocycles. The van der Waals surface area contributed by atoms with Gasteiger partial charge in [-0.2, -0.15) is 0 Å². The van der Waals surface area contributed by atoms with Gasteiger partial charge in [-0.25, -0.2) is 0 Å². The smallest absolute Gasteiger partial charge is 0.203 e. The van der Waals surface area contributed by atoms with E-state index in [0.29, 0.717) is 35.7 Å². The number of hydrogen-bond acceptors (Lipinski definition) is 5. The highest BCUT2D eigenvalue weighted by Crippen LogP contribution is 2.46. The van der Waals surface area contributed by atoms with E-state index in [0.717, 1.165) is 34.4 Å². The van der Waals surface area contributed by atoms with Crippen molar-refractivity contribution in [2.45, 2.75) is 26.2 Å². The number of carbonyl (C=O) groups excluding carboxylic acids is 1. The van der Waals surface area contributed by atoms with Crippen LogP contribution in [0.5, 0.6) is 23.0 Å². The van der Waals surface area contributed by atoms with E-state index < -0.39 is 0 Å². The third-order valence-corrected chi connectivity index (χ3v) is 5.13. The quantitative estimate of drug-likeness (QED) is 0.696. The molecule has 5 heteroatoms. The molecule has 1 aliphatic rings. The first-order chi connectivity index (χ1) is 13.6. The molecule has 0 saturated carbocycles. The number of methoxy groups -OCH3 is 4. The summed E-state index contributed by atoms with van der Waals surface area (Å²) in [5.41, 5.74) is 4.48. The summed E-state index contributed by atoms with van der Waals surface area (Å²) < 4.78 is 22.1. The van der Waals surface area contributed by atoms with Crippen molar-refractivity contribution in [1.82, 2.24) is 0 Å². The molecule has 0 bridgehead atoms.